The third kappa shape index (κ3) is 3.10. The predicted octanol–water partition coefficient (Wildman–Crippen LogP) is 3.59. The van der Waals surface area contributed by atoms with Gasteiger partial charge in [-0.3, -0.25) is 0 Å². The quantitative estimate of drug-likeness (QED) is 0.833. The molecule has 0 fully saturated rings. The van der Waals surface area contributed by atoms with Crippen molar-refractivity contribution in [1.29, 1.82) is 0 Å². The molecular formula is C15H14O3. The highest BCUT2D eigenvalue weighted by Gasteiger charge is 2.05. The average Bonchev–Trinajstić information content (AvgIpc) is 2.40. The summed E-state index contributed by atoms with van der Waals surface area (Å²) in [6.45, 7) is 0.180. The van der Waals surface area contributed by atoms with Gasteiger partial charge in [0.25, 0.3) is 0 Å². The van der Waals surface area contributed by atoms with Crippen LogP contribution in [0, 0.1) is 0 Å². The normalized spacial score (nSPS) is 10.0. The van der Waals surface area contributed by atoms with E-state index in [2.05, 4.69) is 4.74 Å². The zero-order valence-corrected chi connectivity index (χ0v) is 9.87. The van der Waals surface area contributed by atoms with Crippen LogP contribution in [0.5, 0.6) is 0 Å². The molecule has 0 bridgehead atoms. The summed E-state index contributed by atoms with van der Waals surface area (Å²) in [5.41, 5.74) is 3.33. The fourth-order valence-electron chi connectivity index (χ4n) is 1.89. The Kier molecular flexibility index (Phi) is 3.97. The van der Waals surface area contributed by atoms with Crippen LogP contribution < -0.4 is 0 Å². The van der Waals surface area contributed by atoms with Gasteiger partial charge in [0.15, 0.2) is 0 Å². The van der Waals surface area contributed by atoms with Crippen LogP contribution in [-0.4, -0.2) is 17.9 Å². The lowest BCUT2D eigenvalue weighted by molar-refractivity contribution is 0.0927. The van der Waals surface area contributed by atoms with Gasteiger partial charge in [0.05, 0.1) is 6.61 Å². The van der Waals surface area contributed by atoms with E-state index in [1.165, 1.54) is 0 Å². The minimum atomic E-state index is -1.23. The monoisotopic (exact) mass is 242 g/mol. The number of carbonyl (C=O) groups is 1. The molecule has 0 saturated carbocycles. The zero-order chi connectivity index (χ0) is 12.8. The van der Waals surface area contributed by atoms with Crippen molar-refractivity contribution in [3.63, 3.8) is 0 Å². The molecule has 2 aromatic rings. The minimum Gasteiger partial charge on any atom is -0.450 e. The molecule has 3 nitrogen and oxygen atoms in total. The lowest BCUT2D eigenvalue weighted by Crippen LogP contribution is -2.05. The van der Waals surface area contributed by atoms with Crippen molar-refractivity contribution in [2.24, 2.45) is 0 Å². The Labute approximate surface area is 106 Å². The highest BCUT2D eigenvalue weighted by Crippen LogP contribution is 2.23. The first kappa shape index (κ1) is 12.2. The first-order valence-corrected chi connectivity index (χ1v) is 5.76. The largest absolute Gasteiger partial charge is 0.505 e. The van der Waals surface area contributed by atoms with E-state index in [1.54, 1.807) is 0 Å². The van der Waals surface area contributed by atoms with E-state index in [0.29, 0.717) is 6.42 Å². The summed E-state index contributed by atoms with van der Waals surface area (Å²) >= 11 is 0. The molecule has 0 aliphatic heterocycles. The van der Waals surface area contributed by atoms with E-state index >= 15 is 0 Å². The van der Waals surface area contributed by atoms with Gasteiger partial charge in [-0.2, -0.15) is 0 Å². The first-order chi connectivity index (χ1) is 8.77. The van der Waals surface area contributed by atoms with E-state index in [1.807, 2.05) is 54.6 Å². The van der Waals surface area contributed by atoms with Gasteiger partial charge in [0.2, 0.25) is 0 Å². The van der Waals surface area contributed by atoms with Crippen LogP contribution in [0.4, 0.5) is 4.79 Å². The van der Waals surface area contributed by atoms with Gasteiger partial charge in [-0.15, -0.1) is 0 Å². The fourth-order valence-corrected chi connectivity index (χ4v) is 1.89. The van der Waals surface area contributed by atoms with Gasteiger partial charge in [-0.25, -0.2) is 4.79 Å². The van der Waals surface area contributed by atoms with Crippen molar-refractivity contribution in [2.75, 3.05) is 6.61 Å². The molecule has 1 N–H and O–H groups in total. The van der Waals surface area contributed by atoms with Gasteiger partial charge in [-0.05, 0) is 16.7 Å². The maximum atomic E-state index is 10.3. The molecule has 0 aromatic heterocycles. The molecule has 92 valence electrons. The maximum absolute atomic E-state index is 10.3. The Hall–Kier alpha value is -2.29. The van der Waals surface area contributed by atoms with Crippen LogP contribution in [0.1, 0.15) is 5.56 Å². The molecule has 0 saturated heterocycles. The second-order valence-electron chi connectivity index (χ2n) is 3.89. The number of carboxylic acid groups (broad SMARTS) is 1. The molecule has 0 spiro atoms. The van der Waals surface area contributed by atoms with Crippen molar-refractivity contribution in [2.45, 2.75) is 6.42 Å². The summed E-state index contributed by atoms with van der Waals surface area (Å²) in [5.74, 6) is 0. The Morgan fingerprint density at radius 3 is 2.39 bits per heavy atom. The van der Waals surface area contributed by atoms with Gasteiger partial charge in [0, 0.05) is 6.42 Å². The van der Waals surface area contributed by atoms with Crippen molar-refractivity contribution >= 4 is 6.16 Å². The Balaban J connectivity index is 2.18. The summed E-state index contributed by atoms with van der Waals surface area (Å²) < 4.78 is 4.55. The molecule has 18 heavy (non-hydrogen) atoms. The molecule has 0 aliphatic rings. The molecule has 0 aliphatic carbocycles. The van der Waals surface area contributed by atoms with Crippen molar-refractivity contribution in [3.8, 4) is 11.1 Å². The Morgan fingerprint density at radius 2 is 1.67 bits per heavy atom. The summed E-state index contributed by atoms with van der Waals surface area (Å²) in [6.07, 6.45) is -0.649. The summed E-state index contributed by atoms with van der Waals surface area (Å²) in [6, 6.07) is 18.0. The third-order valence-corrected chi connectivity index (χ3v) is 2.70. The lowest BCUT2D eigenvalue weighted by Gasteiger charge is -2.09. The molecule has 0 heterocycles. The second-order valence-corrected chi connectivity index (χ2v) is 3.89. The topological polar surface area (TPSA) is 46.5 Å². The van der Waals surface area contributed by atoms with Gasteiger partial charge < -0.3 is 9.84 Å². The minimum absolute atomic E-state index is 0.180. The van der Waals surface area contributed by atoms with Crippen molar-refractivity contribution in [3.05, 3.63) is 60.2 Å². The number of benzene rings is 2. The summed E-state index contributed by atoms with van der Waals surface area (Å²) in [7, 11) is 0. The van der Waals surface area contributed by atoms with Crippen molar-refractivity contribution in [1.82, 2.24) is 0 Å². The fraction of sp³-hybridized carbons (Fsp3) is 0.133. The molecule has 2 rings (SSSR count). The van der Waals surface area contributed by atoms with E-state index in [4.69, 9.17) is 5.11 Å². The SMILES string of the molecule is O=C(O)OCCc1ccccc1-c1ccccc1. The molecule has 2 aromatic carbocycles. The highest BCUT2D eigenvalue weighted by atomic mass is 16.7. The number of rotatable bonds is 4. The number of hydrogen-bond acceptors (Lipinski definition) is 2. The van der Waals surface area contributed by atoms with Crippen LogP contribution >= 0.6 is 0 Å². The molecular weight excluding hydrogens is 228 g/mol. The highest BCUT2D eigenvalue weighted by molar-refractivity contribution is 5.67. The number of hydrogen-bond donors (Lipinski definition) is 1. The van der Waals surface area contributed by atoms with Crippen LogP contribution in [-0.2, 0) is 11.2 Å². The standard InChI is InChI=1S/C15H14O3/c16-15(17)18-11-10-13-8-4-5-9-14(13)12-6-2-1-3-7-12/h1-9H,10-11H2,(H,16,17). The van der Waals surface area contributed by atoms with Gasteiger partial charge in [0.1, 0.15) is 0 Å². The molecule has 0 unspecified atom stereocenters. The van der Waals surface area contributed by atoms with Crippen molar-refractivity contribution < 1.29 is 14.6 Å². The van der Waals surface area contributed by atoms with Crippen LogP contribution in [0.15, 0.2) is 54.6 Å². The molecule has 0 atom stereocenters. The lowest BCUT2D eigenvalue weighted by atomic mass is 9.98. The Bertz CT molecular complexity index is 520. The number of ether oxygens (including phenoxy) is 1. The Morgan fingerprint density at radius 1 is 1.00 bits per heavy atom. The maximum Gasteiger partial charge on any atom is 0.505 e. The van der Waals surface area contributed by atoms with E-state index in [-0.39, 0.29) is 6.61 Å². The van der Waals surface area contributed by atoms with E-state index < -0.39 is 6.16 Å². The molecule has 3 heteroatoms. The zero-order valence-electron chi connectivity index (χ0n) is 9.87. The predicted molar refractivity (Wildman–Crippen MR) is 69.6 cm³/mol. The van der Waals surface area contributed by atoms with Crippen LogP contribution in [0.3, 0.4) is 0 Å². The first-order valence-electron chi connectivity index (χ1n) is 5.76. The summed E-state index contributed by atoms with van der Waals surface area (Å²) in [5, 5.41) is 8.46. The average molecular weight is 242 g/mol. The van der Waals surface area contributed by atoms with Gasteiger partial charge in [-0.1, -0.05) is 54.6 Å². The van der Waals surface area contributed by atoms with E-state index in [0.717, 1.165) is 16.7 Å². The van der Waals surface area contributed by atoms with E-state index in [9.17, 15) is 4.79 Å². The van der Waals surface area contributed by atoms with Gasteiger partial charge >= 0.3 is 6.16 Å². The third-order valence-electron chi connectivity index (χ3n) is 2.70. The summed E-state index contributed by atoms with van der Waals surface area (Å²) in [4.78, 5) is 10.3. The van der Waals surface area contributed by atoms with Crippen LogP contribution in [0.2, 0.25) is 0 Å². The second kappa shape index (κ2) is 5.87. The molecule has 0 radical (unpaired) electrons. The molecule has 0 amide bonds. The smallest absolute Gasteiger partial charge is 0.450 e. The van der Waals surface area contributed by atoms with Crippen LogP contribution in [0.25, 0.3) is 11.1 Å².